The van der Waals surface area contributed by atoms with Crippen molar-refractivity contribution in [3.05, 3.63) is 0 Å². The first-order chi connectivity index (χ1) is 4.87. The Morgan fingerprint density at radius 3 is 2.00 bits per heavy atom. The van der Waals surface area contributed by atoms with E-state index in [2.05, 4.69) is 0 Å². The highest BCUT2D eigenvalue weighted by Gasteiger charge is 2.44. The third kappa shape index (κ3) is 0.731. The molecule has 58 valence electrons. The molecule has 1 nitrogen and oxygen atoms in total. The fraction of sp³-hybridized carbons (Fsp3) is 1.00. The lowest BCUT2D eigenvalue weighted by atomic mass is 9.55. The van der Waals surface area contributed by atoms with Crippen molar-refractivity contribution in [2.75, 3.05) is 6.54 Å². The smallest absolute Gasteiger partial charge is 0.00179 e. The predicted octanol–water partition coefficient (Wildman–Crippen LogP) is 1.92. The molecule has 0 heterocycles. The summed E-state index contributed by atoms with van der Waals surface area (Å²) >= 11 is 0. The Labute approximate surface area is 63.0 Å². The van der Waals surface area contributed by atoms with Gasteiger partial charge in [0, 0.05) is 0 Å². The normalized spacial score (nSPS) is 30.9. The molecular weight excluding hydrogens is 122 g/mol. The van der Waals surface area contributed by atoms with Gasteiger partial charge < -0.3 is 5.73 Å². The van der Waals surface area contributed by atoms with Gasteiger partial charge in [0.05, 0.1) is 0 Å². The van der Waals surface area contributed by atoms with Crippen molar-refractivity contribution in [3.63, 3.8) is 0 Å². The van der Waals surface area contributed by atoms with Gasteiger partial charge in [-0.3, -0.25) is 0 Å². The van der Waals surface area contributed by atoms with Crippen molar-refractivity contribution in [2.24, 2.45) is 17.1 Å². The Hall–Kier alpha value is -0.0400. The zero-order chi connectivity index (χ0) is 7.03. The van der Waals surface area contributed by atoms with Crippen LogP contribution in [-0.2, 0) is 0 Å². The summed E-state index contributed by atoms with van der Waals surface area (Å²) < 4.78 is 0. The lowest BCUT2D eigenvalue weighted by Crippen LogP contribution is -2.46. The van der Waals surface area contributed by atoms with Crippen molar-refractivity contribution in [3.8, 4) is 0 Å². The quantitative estimate of drug-likeness (QED) is 0.621. The molecule has 2 fully saturated rings. The molecule has 0 aromatic heterocycles. The van der Waals surface area contributed by atoms with Crippen LogP contribution < -0.4 is 5.73 Å². The SMILES string of the molecule is NCC1(C2CCC2)CCC1. The van der Waals surface area contributed by atoms with Gasteiger partial charge in [-0.25, -0.2) is 0 Å². The van der Waals surface area contributed by atoms with E-state index in [1.807, 2.05) is 0 Å². The van der Waals surface area contributed by atoms with Crippen LogP contribution in [0, 0.1) is 11.3 Å². The van der Waals surface area contributed by atoms with E-state index in [1.165, 1.54) is 38.5 Å². The molecule has 0 saturated heterocycles. The maximum absolute atomic E-state index is 5.78. The first-order valence-electron chi connectivity index (χ1n) is 4.57. The standard InChI is InChI=1S/C9H17N/c10-7-9(5-2-6-9)8-3-1-4-8/h8H,1-7,10H2. The summed E-state index contributed by atoms with van der Waals surface area (Å²) in [5, 5.41) is 0. The van der Waals surface area contributed by atoms with Crippen LogP contribution in [0.2, 0.25) is 0 Å². The summed E-state index contributed by atoms with van der Waals surface area (Å²) in [5.74, 6) is 1.02. The average molecular weight is 139 g/mol. The lowest BCUT2D eigenvalue weighted by Gasteiger charge is -2.51. The van der Waals surface area contributed by atoms with Crippen LogP contribution in [0.5, 0.6) is 0 Å². The van der Waals surface area contributed by atoms with Crippen molar-refractivity contribution < 1.29 is 0 Å². The Kier molecular flexibility index (Phi) is 1.48. The van der Waals surface area contributed by atoms with Crippen LogP contribution in [0.25, 0.3) is 0 Å². The summed E-state index contributed by atoms with van der Waals surface area (Å²) in [4.78, 5) is 0. The molecule has 10 heavy (non-hydrogen) atoms. The molecule has 2 aliphatic carbocycles. The number of nitrogens with two attached hydrogens (primary N) is 1. The molecule has 0 aliphatic heterocycles. The molecule has 0 atom stereocenters. The van der Waals surface area contributed by atoms with Gasteiger partial charge in [0.2, 0.25) is 0 Å². The second kappa shape index (κ2) is 2.23. The topological polar surface area (TPSA) is 26.0 Å². The molecule has 1 heteroatoms. The molecular formula is C9H17N. The maximum atomic E-state index is 5.78. The molecule has 2 rings (SSSR count). The first kappa shape index (κ1) is 6.66. The molecule has 2 saturated carbocycles. The molecule has 2 aliphatic rings. The first-order valence-corrected chi connectivity index (χ1v) is 4.57. The molecule has 0 amide bonds. The van der Waals surface area contributed by atoms with Gasteiger partial charge in [-0.15, -0.1) is 0 Å². The van der Waals surface area contributed by atoms with Crippen LogP contribution in [-0.4, -0.2) is 6.54 Å². The second-order valence-corrected chi connectivity index (χ2v) is 4.05. The third-order valence-corrected chi connectivity index (χ3v) is 3.73. The van der Waals surface area contributed by atoms with Gasteiger partial charge >= 0.3 is 0 Å². The largest absolute Gasteiger partial charge is 0.330 e. The van der Waals surface area contributed by atoms with Crippen LogP contribution in [0.4, 0.5) is 0 Å². The lowest BCUT2D eigenvalue weighted by molar-refractivity contribution is 0.0111. The van der Waals surface area contributed by atoms with Gasteiger partial charge in [0.15, 0.2) is 0 Å². The van der Waals surface area contributed by atoms with Crippen LogP contribution in [0.3, 0.4) is 0 Å². The van der Waals surface area contributed by atoms with Crippen molar-refractivity contribution in [1.29, 1.82) is 0 Å². The number of hydrogen-bond acceptors (Lipinski definition) is 1. The average Bonchev–Trinajstić information content (AvgIpc) is 1.73. The Morgan fingerprint density at radius 2 is 1.90 bits per heavy atom. The van der Waals surface area contributed by atoms with E-state index in [0.717, 1.165) is 12.5 Å². The van der Waals surface area contributed by atoms with Gasteiger partial charge in [-0.05, 0) is 43.6 Å². The zero-order valence-corrected chi connectivity index (χ0v) is 6.60. The highest BCUT2D eigenvalue weighted by atomic mass is 14.7. The molecule has 0 spiro atoms. The van der Waals surface area contributed by atoms with Crippen LogP contribution in [0.15, 0.2) is 0 Å². The second-order valence-electron chi connectivity index (χ2n) is 4.05. The van der Waals surface area contributed by atoms with E-state index in [4.69, 9.17) is 5.73 Å². The van der Waals surface area contributed by atoms with Gasteiger partial charge in [-0.2, -0.15) is 0 Å². The molecule has 0 bridgehead atoms. The Morgan fingerprint density at radius 1 is 1.20 bits per heavy atom. The predicted molar refractivity (Wildman–Crippen MR) is 42.7 cm³/mol. The zero-order valence-electron chi connectivity index (χ0n) is 6.60. The summed E-state index contributed by atoms with van der Waals surface area (Å²) in [6, 6.07) is 0. The molecule has 0 aromatic rings. The monoisotopic (exact) mass is 139 g/mol. The van der Waals surface area contributed by atoms with Gasteiger partial charge in [-0.1, -0.05) is 12.8 Å². The fourth-order valence-electron chi connectivity index (χ4n) is 2.43. The van der Waals surface area contributed by atoms with Crippen molar-refractivity contribution >= 4 is 0 Å². The van der Waals surface area contributed by atoms with Crippen LogP contribution in [0.1, 0.15) is 38.5 Å². The van der Waals surface area contributed by atoms with Crippen LogP contribution >= 0.6 is 0 Å². The van der Waals surface area contributed by atoms with E-state index in [9.17, 15) is 0 Å². The highest BCUT2D eigenvalue weighted by Crippen LogP contribution is 2.53. The molecule has 0 unspecified atom stereocenters. The van der Waals surface area contributed by atoms with Gasteiger partial charge in [0.25, 0.3) is 0 Å². The van der Waals surface area contributed by atoms with E-state index in [1.54, 1.807) is 0 Å². The summed E-state index contributed by atoms with van der Waals surface area (Å²) in [7, 11) is 0. The van der Waals surface area contributed by atoms with Crippen molar-refractivity contribution in [2.45, 2.75) is 38.5 Å². The molecule has 0 radical (unpaired) electrons. The summed E-state index contributed by atoms with van der Waals surface area (Å²) in [6.07, 6.45) is 8.69. The number of rotatable bonds is 2. The minimum atomic E-state index is 0.637. The fourth-order valence-corrected chi connectivity index (χ4v) is 2.43. The van der Waals surface area contributed by atoms with E-state index < -0.39 is 0 Å². The minimum absolute atomic E-state index is 0.637. The van der Waals surface area contributed by atoms with E-state index in [-0.39, 0.29) is 0 Å². The van der Waals surface area contributed by atoms with Crippen molar-refractivity contribution in [1.82, 2.24) is 0 Å². The number of hydrogen-bond donors (Lipinski definition) is 1. The third-order valence-electron chi connectivity index (χ3n) is 3.73. The Bertz CT molecular complexity index is 117. The van der Waals surface area contributed by atoms with Gasteiger partial charge in [0.1, 0.15) is 0 Å². The van der Waals surface area contributed by atoms with E-state index in [0.29, 0.717) is 5.41 Å². The summed E-state index contributed by atoms with van der Waals surface area (Å²) in [5.41, 5.74) is 6.42. The molecule has 0 aromatic carbocycles. The van der Waals surface area contributed by atoms with E-state index >= 15 is 0 Å². The minimum Gasteiger partial charge on any atom is -0.330 e. The summed E-state index contributed by atoms with van der Waals surface area (Å²) in [6.45, 7) is 0.956. The molecule has 2 N–H and O–H groups in total. The highest BCUT2D eigenvalue weighted by molar-refractivity contribution is 4.96. The maximum Gasteiger partial charge on any atom is -0.00179 e. The Balaban J connectivity index is 1.96.